The Hall–Kier alpha value is -1.99. The zero-order chi connectivity index (χ0) is 17.3. The molecule has 5 nitrogen and oxygen atoms in total. The second-order valence-electron chi connectivity index (χ2n) is 5.74. The SMILES string of the molecule is Cc1nc(-c2ccc(NC(=O)c3n[nH]c(C(C)C)c3Br)cc2)cs1. The van der Waals surface area contributed by atoms with Crippen LogP contribution in [0.15, 0.2) is 34.1 Å². The molecular formula is C17H17BrN4OS. The number of aromatic amines is 1. The molecule has 2 aromatic heterocycles. The number of aromatic nitrogens is 3. The van der Waals surface area contributed by atoms with Crippen molar-refractivity contribution < 1.29 is 4.79 Å². The van der Waals surface area contributed by atoms with Crippen molar-refractivity contribution in [2.45, 2.75) is 26.7 Å². The second kappa shape index (κ2) is 6.86. The number of thiazole rings is 1. The van der Waals surface area contributed by atoms with E-state index in [2.05, 4.69) is 36.4 Å². The first-order chi connectivity index (χ1) is 11.5. The first kappa shape index (κ1) is 16.9. The van der Waals surface area contributed by atoms with Crippen molar-refractivity contribution in [1.82, 2.24) is 15.2 Å². The maximum absolute atomic E-state index is 12.4. The molecule has 124 valence electrons. The molecule has 0 saturated heterocycles. The summed E-state index contributed by atoms with van der Waals surface area (Å²) in [6.45, 7) is 6.06. The lowest BCUT2D eigenvalue weighted by atomic mass is 10.1. The number of aryl methyl sites for hydroxylation is 1. The molecular weight excluding hydrogens is 388 g/mol. The van der Waals surface area contributed by atoms with E-state index < -0.39 is 0 Å². The summed E-state index contributed by atoms with van der Waals surface area (Å²) in [6, 6.07) is 7.63. The fourth-order valence-corrected chi connectivity index (χ4v) is 3.72. The van der Waals surface area contributed by atoms with Crippen LogP contribution >= 0.6 is 27.3 Å². The molecule has 3 aromatic rings. The van der Waals surface area contributed by atoms with Crippen molar-refractivity contribution in [3.05, 3.63) is 50.5 Å². The normalized spacial score (nSPS) is 11.0. The average molecular weight is 405 g/mol. The third kappa shape index (κ3) is 3.42. The van der Waals surface area contributed by atoms with Crippen LogP contribution in [-0.2, 0) is 0 Å². The van der Waals surface area contributed by atoms with Crippen LogP contribution in [-0.4, -0.2) is 21.1 Å². The van der Waals surface area contributed by atoms with Gasteiger partial charge in [-0.2, -0.15) is 5.10 Å². The molecule has 0 fully saturated rings. The molecule has 1 amide bonds. The maximum atomic E-state index is 12.4. The van der Waals surface area contributed by atoms with Gasteiger partial charge in [0.05, 0.1) is 20.9 Å². The van der Waals surface area contributed by atoms with Gasteiger partial charge >= 0.3 is 0 Å². The number of amides is 1. The lowest BCUT2D eigenvalue weighted by molar-refractivity contribution is 0.102. The van der Waals surface area contributed by atoms with E-state index in [1.165, 1.54) is 0 Å². The van der Waals surface area contributed by atoms with Gasteiger partial charge in [-0.25, -0.2) is 4.98 Å². The number of hydrogen-bond acceptors (Lipinski definition) is 4. The molecule has 0 aliphatic heterocycles. The topological polar surface area (TPSA) is 70.7 Å². The zero-order valence-electron chi connectivity index (χ0n) is 13.6. The molecule has 0 aliphatic rings. The summed E-state index contributed by atoms with van der Waals surface area (Å²) in [4.78, 5) is 16.9. The summed E-state index contributed by atoms with van der Waals surface area (Å²) in [5, 5.41) is 12.9. The van der Waals surface area contributed by atoms with Gasteiger partial charge in [-0.1, -0.05) is 26.0 Å². The van der Waals surface area contributed by atoms with Gasteiger partial charge in [0.25, 0.3) is 5.91 Å². The summed E-state index contributed by atoms with van der Waals surface area (Å²) in [5.74, 6) is 0.0107. The van der Waals surface area contributed by atoms with E-state index in [-0.39, 0.29) is 11.8 Å². The van der Waals surface area contributed by atoms with Crippen LogP contribution in [0.3, 0.4) is 0 Å². The molecule has 0 bridgehead atoms. The Morgan fingerprint density at radius 1 is 1.29 bits per heavy atom. The first-order valence-corrected chi connectivity index (χ1v) is 9.20. The molecule has 0 radical (unpaired) electrons. The molecule has 2 N–H and O–H groups in total. The molecule has 3 rings (SSSR count). The molecule has 0 saturated carbocycles. The van der Waals surface area contributed by atoms with Crippen molar-refractivity contribution >= 4 is 38.9 Å². The zero-order valence-corrected chi connectivity index (χ0v) is 16.0. The number of rotatable bonds is 4. The van der Waals surface area contributed by atoms with Gasteiger partial charge in [0.15, 0.2) is 5.69 Å². The highest BCUT2D eigenvalue weighted by atomic mass is 79.9. The number of hydrogen-bond donors (Lipinski definition) is 2. The molecule has 7 heteroatoms. The fourth-order valence-electron chi connectivity index (χ4n) is 2.29. The largest absolute Gasteiger partial charge is 0.321 e. The third-order valence-corrected chi connectivity index (χ3v) is 5.16. The van der Waals surface area contributed by atoms with Crippen LogP contribution in [0, 0.1) is 6.92 Å². The number of carbonyl (C=O) groups excluding carboxylic acids is 1. The first-order valence-electron chi connectivity index (χ1n) is 7.53. The fraction of sp³-hybridized carbons (Fsp3) is 0.235. The van der Waals surface area contributed by atoms with Gasteiger partial charge in [0.2, 0.25) is 0 Å². The van der Waals surface area contributed by atoms with Crippen LogP contribution in [0.25, 0.3) is 11.3 Å². The van der Waals surface area contributed by atoms with E-state index >= 15 is 0 Å². The minimum Gasteiger partial charge on any atom is -0.321 e. The van der Waals surface area contributed by atoms with Crippen LogP contribution in [0.1, 0.15) is 41.0 Å². The average Bonchev–Trinajstić information content (AvgIpc) is 3.14. The molecule has 1 aromatic carbocycles. The monoisotopic (exact) mass is 404 g/mol. The van der Waals surface area contributed by atoms with Gasteiger partial charge < -0.3 is 5.32 Å². The third-order valence-electron chi connectivity index (χ3n) is 3.58. The van der Waals surface area contributed by atoms with E-state index in [1.54, 1.807) is 11.3 Å². The molecule has 0 aliphatic carbocycles. The number of anilines is 1. The summed E-state index contributed by atoms with van der Waals surface area (Å²) in [7, 11) is 0. The minimum absolute atomic E-state index is 0.248. The van der Waals surface area contributed by atoms with Crippen LogP contribution in [0.2, 0.25) is 0 Å². The van der Waals surface area contributed by atoms with Crippen LogP contribution < -0.4 is 5.32 Å². The van der Waals surface area contributed by atoms with Crippen molar-refractivity contribution in [3.8, 4) is 11.3 Å². The minimum atomic E-state index is -0.248. The second-order valence-corrected chi connectivity index (χ2v) is 7.59. The van der Waals surface area contributed by atoms with Crippen molar-refractivity contribution in [1.29, 1.82) is 0 Å². The molecule has 24 heavy (non-hydrogen) atoms. The Morgan fingerprint density at radius 2 is 2.00 bits per heavy atom. The number of halogens is 1. The number of H-pyrrole nitrogens is 1. The smallest absolute Gasteiger partial charge is 0.277 e. The van der Waals surface area contributed by atoms with Crippen LogP contribution in [0.5, 0.6) is 0 Å². The quantitative estimate of drug-likeness (QED) is 0.643. The van der Waals surface area contributed by atoms with Crippen molar-refractivity contribution in [2.24, 2.45) is 0 Å². The number of carbonyl (C=O) groups is 1. The summed E-state index contributed by atoms with van der Waals surface area (Å²) >= 11 is 5.07. The predicted molar refractivity (Wildman–Crippen MR) is 101 cm³/mol. The summed E-state index contributed by atoms with van der Waals surface area (Å²) < 4.78 is 0.713. The van der Waals surface area contributed by atoms with Gasteiger partial charge in [-0.05, 0) is 40.9 Å². The molecule has 2 heterocycles. The lowest BCUT2D eigenvalue weighted by Gasteiger charge is -2.05. The Kier molecular flexibility index (Phi) is 4.82. The van der Waals surface area contributed by atoms with Gasteiger partial charge in [0, 0.05) is 16.6 Å². The molecule has 0 spiro atoms. The number of nitrogens with zero attached hydrogens (tertiary/aromatic N) is 2. The molecule has 0 atom stereocenters. The van der Waals surface area contributed by atoms with E-state index in [1.807, 2.05) is 50.4 Å². The Balaban J connectivity index is 1.75. The highest BCUT2D eigenvalue weighted by Gasteiger charge is 2.19. The Bertz CT molecular complexity index is 867. The van der Waals surface area contributed by atoms with Gasteiger partial charge in [-0.15, -0.1) is 11.3 Å². The summed E-state index contributed by atoms with van der Waals surface area (Å²) in [6.07, 6.45) is 0. The number of nitrogens with one attached hydrogen (secondary N) is 2. The highest BCUT2D eigenvalue weighted by molar-refractivity contribution is 9.10. The van der Waals surface area contributed by atoms with E-state index in [0.29, 0.717) is 10.2 Å². The summed E-state index contributed by atoms with van der Waals surface area (Å²) in [5.41, 5.74) is 3.97. The van der Waals surface area contributed by atoms with E-state index in [4.69, 9.17) is 0 Å². The van der Waals surface area contributed by atoms with E-state index in [9.17, 15) is 4.79 Å². The lowest BCUT2D eigenvalue weighted by Crippen LogP contribution is -2.13. The van der Waals surface area contributed by atoms with Crippen LogP contribution in [0.4, 0.5) is 5.69 Å². The number of benzene rings is 1. The Labute approximate surface area is 152 Å². The van der Waals surface area contributed by atoms with Gasteiger partial charge in [-0.3, -0.25) is 9.89 Å². The van der Waals surface area contributed by atoms with Gasteiger partial charge in [0.1, 0.15) is 0 Å². The predicted octanol–water partition coefficient (Wildman–Crippen LogP) is 4.98. The Morgan fingerprint density at radius 3 is 2.54 bits per heavy atom. The van der Waals surface area contributed by atoms with Crippen molar-refractivity contribution in [2.75, 3.05) is 5.32 Å². The molecule has 0 unspecified atom stereocenters. The van der Waals surface area contributed by atoms with Crippen molar-refractivity contribution in [3.63, 3.8) is 0 Å². The van der Waals surface area contributed by atoms with E-state index in [0.717, 1.165) is 27.6 Å². The standard InChI is InChI=1S/C17H17BrN4OS/c1-9(2)15-14(18)16(22-21-15)17(23)20-12-6-4-11(5-7-12)13-8-24-10(3)19-13/h4-9H,1-3H3,(H,20,23)(H,21,22). The highest BCUT2D eigenvalue weighted by Crippen LogP contribution is 2.27. The maximum Gasteiger partial charge on any atom is 0.277 e.